The molecule has 0 aliphatic carbocycles. The third-order valence-corrected chi connectivity index (χ3v) is 2.43. The van der Waals surface area contributed by atoms with E-state index in [0.29, 0.717) is 12.3 Å². The number of ether oxygens (including phenoxy) is 1. The van der Waals surface area contributed by atoms with Crippen molar-refractivity contribution in [1.82, 2.24) is 4.90 Å². The Balaban J connectivity index is 2.52. The molecule has 0 heterocycles. The van der Waals surface area contributed by atoms with Crippen molar-refractivity contribution in [3.63, 3.8) is 0 Å². The lowest BCUT2D eigenvalue weighted by molar-refractivity contribution is -0.131. The molecule has 0 atom stereocenters. The average Bonchev–Trinajstić information content (AvgIpc) is 2.42. The van der Waals surface area contributed by atoms with Crippen LogP contribution in [0.1, 0.15) is 16.8 Å². The zero-order chi connectivity index (χ0) is 14.3. The first-order valence-corrected chi connectivity index (χ1v) is 5.61. The highest BCUT2D eigenvalue weighted by Gasteiger charge is 2.10. The van der Waals surface area contributed by atoms with Gasteiger partial charge in [-0.15, -0.1) is 0 Å². The van der Waals surface area contributed by atoms with E-state index in [1.165, 1.54) is 17.0 Å². The highest BCUT2D eigenvalue weighted by molar-refractivity contribution is 5.88. The molecule has 1 N–H and O–H groups in total. The summed E-state index contributed by atoms with van der Waals surface area (Å²) in [5.74, 6) is -0.999. The number of carbonyl (C=O) groups is 2. The number of benzene rings is 1. The lowest BCUT2D eigenvalue weighted by atomic mass is 10.2. The van der Waals surface area contributed by atoms with Crippen LogP contribution < -0.4 is 4.74 Å². The van der Waals surface area contributed by atoms with Crippen molar-refractivity contribution in [2.24, 2.45) is 0 Å². The number of aromatic carboxylic acids is 1. The second-order valence-corrected chi connectivity index (χ2v) is 3.85. The molecule has 1 rings (SSSR count). The second-order valence-electron chi connectivity index (χ2n) is 3.85. The van der Waals surface area contributed by atoms with Crippen LogP contribution in [0.25, 0.3) is 0 Å². The van der Waals surface area contributed by atoms with Crippen molar-refractivity contribution in [2.45, 2.75) is 6.42 Å². The van der Waals surface area contributed by atoms with Gasteiger partial charge in [-0.2, -0.15) is 5.26 Å². The van der Waals surface area contributed by atoms with Gasteiger partial charge in [-0.25, -0.2) is 4.79 Å². The summed E-state index contributed by atoms with van der Waals surface area (Å²) >= 11 is 0. The van der Waals surface area contributed by atoms with Crippen molar-refractivity contribution in [3.8, 4) is 11.8 Å². The van der Waals surface area contributed by atoms with E-state index >= 15 is 0 Å². The summed E-state index contributed by atoms with van der Waals surface area (Å²) in [5.41, 5.74) is 0.0998. The van der Waals surface area contributed by atoms with Gasteiger partial charge in [-0.1, -0.05) is 6.07 Å². The molecule has 0 spiro atoms. The molecule has 0 saturated carbocycles. The first-order chi connectivity index (χ1) is 9.04. The number of amides is 1. The van der Waals surface area contributed by atoms with Gasteiger partial charge in [-0.05, 0) is 18.2 Å². The molecule has 1 amide bonds. The van der Waals surface area contributed by atoms with E-state index in [1.807, 2.05) is 6.07 Å². The predicted molar refractivity (Wildman–Crippen MR) is 66.8 cm³/mol. The highest BCUT2D eigenvalue weighted by atomic mass is 16.5. The van der Waals surface area contributed by atoms with E-state index in [1.54, 1.807) is 19.2 Å². The van der Waals surface area contributed by atoms with Crippen LogP contribution in [-0.2, 0) is 4.79 Å². The summed E-state index contributed by atoms with van der Waals surface area (Å²) < 4.78 is 5.22. The minimum absolute atomic E-state index is 0.0998. The molecule has 100 valence electrons. The highest BCUT2D eigenvalue weighted by Crippen LogP contribution is 2.13. The average molecular weight is 262 g/mol. The number of rotatable bonds is 6. The van der Waals surface area contributed by atoms with Crippen molar-refractivity contribution in [1.29, 1.82) is 5.26 Å². The zero-order valence-electron chi connectivity index (χ0n) is 10.5. The van der Waals surface area contributed by atoms with Gasteiger partial charge in [0.2, 0.25) is 0 Å². The van der Waals surface area contributed by atoms with Gasteiger partial charge in [0.05, 0.1) is 18.1 Å². The standard InChI is InChI=1S/C13H14N2O4/c1-15(7-3-6-14)12(16)9-19-11-5-2-4-10(8-11)13(17)18/h2,4-5,8H,3,7,9H2,1H3,(H,17,18). The number of nitrogens with zero attached hydrogens (tertiary/aromatic N) is 2. The summed E-state index contributed by atoms with van der Waals surface area (Å²) in [4.78, 5) is 23.8. The van der Waals surface area contributed by atoms with Gasteiger partial charge >= 0.3 is 5.97 Å². The molecular formula is C13H14N2O4. The predicted octanol–water partition coefficient (Wildman–Crippen LogP) is 1.14. The summed E-state index contributed by atoms with van der Waals surface area (Å²) in [5, 5.41) is 17.2. The number of nitriles is 1. The van der Waals surface area contributed by atoms with Gasteiger partial charge in [0.25, 0.3) is 5.91 Å². The van der Waals surface area contributed by atoms with Crippen LogP contribution in [0.4, 0.5) is 0 Å². The molecule has 6 nitrogen and oxygen atoms in total. The van der Waals surface area contributed by atoms with Crippen LogP contribution in [0.3, 0.4) is 0 Å². The Kier molecular flexibility index (Phi) is 5.35. The number of carboxylic acids is 1. The van der Waals surface area contributed by atoms with E-state index in [9.17, 15) is 9.59 Å². The van der Waals surface area contributed by atoms with E-state index < -0.39 is 5.97 Å². The molecule has 0 fully saturated rings. The first kappa shape index (κ1) is 14.5. The Hall–Kier alpha value is -2.55. The molecule has 1 aromatic rings. The van der Waals surface area contributed by atoms with Crippen LogP contribution in [-0.4, -0.2) is 42.1 Å². The molecule has 6 heteroatoms. The van der Waals surface area contributed by atoms with Gasteiger partial charge in [0, 0.05) is 13.6 Å². The van der Waals surface area contributed by atoms with Crippen LogP contribution in [0.5, 0.6) is 5.75 Å². The normalized spacial score (nSPS) is 9.47. The lowest BCUT2D eigenvalue weighted by Gasteiger charge is -2.15. The smallest absolute Gasteiger partial charge is 0.335 e. The zero-order valence-corrected chi connectivity index (χ0v) is 10.5. The Bertz CT molecular complexity index is 508. The molecule has 0 aliphatic heterocycles. The van der Waals surface area contributed by atoms with Crippen molar-refractivity contribution < 1.29 is 19.4 Å². The molecule has 0 bridgehead atoms. The van der Waals surface area contributed by atoms with Gasteiger partial charge in [-0.3, -0.25) is 4.79 Å². The van der Waals surface area contributed by atoms with E-state index in [2.05, 4.69) is 0 Å². The van der Waals surface area contributed by atoms with E-state index in [0.717, 1.165) is 0 Å². The largest absolute Gasteiger partial charge is 0.484 e. The summed E-state index contributed by atoms with van der Waals surface area (Å²) in [7, 11) is 1.58. The fourth-order valence-corrected chi connectivity index (χ4v) is 1.32. The van der Waals surface area contributed by atoms with Crippen LogP contribution in [0.2, 0.25) is 0 Å². The number of carboxylic acid groups (broad SMARTS) is 1. The summed E-state index contributed by atoms with van der Waals surface area (Å²) in [6.45, 7) is 0.152. The number of carbonyl (C=O) groups excluding carboxylic acids is 1. The van der Waals surface area contributed by atoms with Crippen LogP contribution in [0, 0.1) is 11.3 Å². The van der Waals surface area contributed by atoms with Crippen molar-refractivity contribution in [2.75, 3.05) is 20.2 Å². The Morgan fingerprint density at radius 1 is 1.47 bits per heavy atom. The van der Waals surface area contributed by atoms with Crippen molar-refractivity contribution in [3.05, 3.63) is 29.8 Å². The maximum Gasteiger partial charge on any atom is 0.335 e. The molecule has 0 unspecified atom stereocenters. The van der Waals surface area contributed by atoms with Crippen LogP contribution >= 0.6 is 0 Å². The minimum Gasteiger partial charge on any atom is -0.484 e. The van der Waals surface area contributed by atoms with E-state index in [-0.39, 0.29) is 24.5 Å². The number of hydrogen-bond donors (Lipinski definition) is 1. The minimum atomic E-state index is -1.05. The van der Waals surface area contributed by atoms with Crippen LogP contribution in [0.15, 0.2) is 24.3 Å². The fourth-order valence-electron chi connectivity index (χ4n) is 1.32. The Morgan fingerprint density at radius 2 is 2.21 bits per heavy atom. The van der Waals surface area contributed by atoms with Gasteiger partial charge < -0.3 is 14.7 Å². The molecule has 1 aromatic carbocycles. The molecule has 0 saturated heterocycles. The molecule has 19 heavy (non-hydrogen) atoms. The molecular weight excluding hydrogens is 248 g/mol. The second kappa shape index (κ2) is 7.01. The maximum absolute atomic E-state index is 11.6. The number of likely N-dealkylation sites (N-methyl/N-ethyl adjacent to an activating group) is 1. The molecule has 0 aromatic heterocycles. The molecule has 0 radical (unpaired) electrons. The summed E-state index contributed by atoms with van der Waals surface area (Å²) in [6.07, 6.45) is 0.261. The monoisotopic (exact) mass is 262 g/mol. The quantitative estimate of drug-likeness (QED) is 0.830. The Labute approximate surface area is 110 Å². The first-order valence-electron chi connectivity index (χ1n) is 5.61. The SMILES string of the molecule is CN(CCC#N)C(=O)COc1cccc(C(=O)O)c1. The third kappa shape index (κ3) is 4.68. The fraction of sp³-hybridized carbons (Fsp3) is 0.308. The van der Waals surface area contributed by atoms with Crippen molar-refractivity contribution >= 4 is 11.9 Å². The Morgan fingerprint density at radius 3 is 2.84 bits per heavy atom. The topological polar surface area (TPSA) is 90.6 Å². The number of hydrogen-bond acceptors (Lipinski definition) is 4. The third-order valence-electron chi connectivity index (χ3n) is 2.43. The summed E-state index contributed by atoms with van der Waals surface area (Å²) in [6, 6.07) is 7.86. The maximum atomic E-state index is 11.6. The van der Waals surface area contributed by atoms with E-state index in [4.69, 9.17) is 15.1 Å². The van der Waals surface area contributed by atoms with Gasteiger partial charge in [0.1, 0.15) is 5.75 Å². The van der Waals surface area contributed by atoms with Gasteiger partial charge in [0.15, 0.2) is 6.61 Å². The molecule has 0 aliphatic rings. The lowest BCUT2D eigenvalue weighted by Crippen LogP contribution is -2.32.